The molecule has 0 atom stereocenters. The van der Waals surface area contributed by atoms with Gasteiger partial charge in [-0.3, -0.25) is 9.59 Å². The Balaban J connectivity index is 1.63. The lowest BCUT2D eigenvalue weighted by molar-refractivity contribution is -0.117. The molecule has 1 amide bonds. The number of aromatic nitrogens is 4. The second kappa shape index (κ2) is 7.35. The van der Waals surface area contributed by atoms with Gasteiger partial charge in [-0.15, -0.1) is 0 Å². The highest BCUT2D eigenvalue weighted by Crippen LogP contribution is 2.23. The minimum absolute atomic E-state index is 0.173. The summed E-state index contributed by atoms with van der Waals surface area (Å²) < 4.78 is 2.60. The molecule has 0 fully saturated rings. The Bertz CT molecular complexity index is 1290. The third kappa shape index (κ3) is 3.80. The number of anilines is 1. The van der Waals surface area contributed by atoms with Crippen molar-refractivity contribution in [3.05, 3.63) is 81.9 Å². The number of hydrogen-bond donors (Lipinski definition) is 1. The fraction of sp³-hybridized carbons (Fsp3) is 0.182. The fourth-order valence-electron chi connectivity index (χ4n) is 3.25. The quantitative estimate of drug-likeness (QED) is 0.583. The van der Waals surface area contributed by atoms with Crippen LogP contribution in [0.5, 0.6) is 0 Å². The fourth-order valence-corrected chi connectivity index (χ4v) is 3.25. The monoisotopic (exact) mass is 387 g/mol. The molecule has 0 saturated carbocycles. The highest BCUT2D eigenvalue weighted by molar-refractivity contribution is 5.90. The summed E-state index contributed by atoms with van der Waals surface area (Å²) in [5.41, 5.74) is 5.60. The van der Waals surface area contributed by atoms with E-state index in [9.17, 15) is 9.59 Å². The number of rotatable bonds is 4. The summed E-state index contributed by atoms with van der Waals surface area (Å²) in [6.45, 7) is 5.79. The molecule has 0 aliphatic carbocycles. The number of carbonyl (C=O) groups excluding carboxylic acids is 1. The summed E-state index contributed by atoms with van der Waals surface area (Å²) in [5, 5.41) is 11.4. The number of nitrogens with zero attached hydrogens (tertiary/aromatic N) is 4. The molecule has 1 N–H and O–H groups in total. The summed E-state index contributed by atoms with van der Waals surface area (Å²) >= 11 is 0. The first-order valence-corrected chi connectivity index (χ1v) is 9.30. The van der Waals surface area contributed by atoms with Gasteiger partial charge in [0, 0.05) is 11.3 Å². The zero-order valence-electron chi connectivity index (χ0n) is 16.5. The first-order valence-electron chi connectivity index (χ1n) is 9.30. The van der Waals surface area contributed by atoms with E-state index < -0.39 is 0 Å². The van der Waals surface area contributed by atoms with Crippen LogP contribution >= 0.6 is 0 Å². The van der Waals surface area contributed by atoms with Crippen molar-refractivity contribution in [1.29, 1.82) is 0 Å². The van der Waals surface area contributed by atoms with Crippen molar-refractivity contribution in [3.63, 3.8) is 0 Å². The van der Waals surface area contributed by atoms with Gasteiger partial charge in [0.15, 0.2) is 0 Å². The second-order valence-corrected chi connectivity index (χ2v) is 7.19. The van der Waals surface area contributed by atoms with Crippen LogP contribution in [0.2, 0.25) is 0 Å². The maximum Gasteiger partial charge on any atom is 0.293 e. The van der Waals surface area contributed by atoms with Gasteiger partial charge >= 0.3 is 0 Å². The van der Waals surface area contributed by atoms with Gasteiger partial charge < -0.3 is 5.32 Å². The van der Waals surface area contributed by atoms with Crippen molar-refractivity contribution in [2.45, 2.75) is 27.3 Å². The molecule has 0 radical (unpaired) electrons. The second-order valence-electron chi connectivity index (χ2n) is 7.19. The number of aryl methyl sites for hydroxylation is 3. The highest BCUT2D eigenvalue weighted by Gasteiger charge is 2.13. The Morgan fingerprint density at radius 2 is 1.83 bits per heavy atom. The predicted molar refractivity (Wildman–Crippen MR) is 112 cm³/mol. The Kier molecular flexibility index (Phi) is 4.72. The van der Waals surface area contributed by atoms with Gasteiger partial charge in [0.1, 0.15) is 18.4 Å². The van der Waals surface area contributed by atoms with Crippen LogP contribution in [0.15, 0.2) is 59.7 Å². The molecular formula is C22H21N5O2. The molecule has 4 rings (SSSR count). The van der Waals surface area contributed by atoms with Crippen LogP contribution < -0.4 is 10.9 Å². The average molecular weight is 387 g/mol. The Hall–Kier alpha value is -3.74. The number of hydrogen-bond acceptors (Lipinski definition) is 4. The van der Waals surface area contributed by atoms with E-state index in [0.717, 1.165) is 26.9 Å². The average Bonchev–Trinajstić information content (AvgIpc) is 3.11. The molecule has 4 aromatic rings. The van der Waals surface area contributed by atoms with Crippen LogP contribution in [0.3, 0.4) is 0 Å². The maximum absolute atomic E-state index is 12.8. The van der Waals surface area contributed by atoms with Crippen LogP contribution in [0.1, 0.15) is 16.7 Å². The number of nitrogens with one attached hydrogen (secondary N) is 1. The standard InChI is InChI=1S/C22H21N5O2/c1-14-5-4-6-17(9-14)24-21(28)12-26-22(29)20-11-19(25-27(20)13-23-26)18-10-15(2)7-8-16(18)3/h4-11,13H,12H2,1-3H3,(H,24,28). The van der Waals surface area contributed by atoms with E-state index in [1.807, 2.05) is 57.2 Å². The molecule has 29 heavy (non-hydrogen) atoms. The van der Waals surface area contributed by atoms with Crippen molar-refractivity contribution < 1.29 is 4.79 Å². The molecule has 2 aromatic heterocycles. The molecule has 0 aliphatic rings. The van der Waals surface area contributed by atoms with Crippen molar-refractivity contribution in [1.82, 2.24) is 19.4 Å². The number of amides is 1. The topological polar surface area (TPSA) is 81.3 Å². The number of fused-ring (bicyclic) bond motifs is 1. The Morgan fingerprint density at radius 1 is 1.03 bits per heavy atom. The van der Waals surface area contributed by atoms with E-state index in [0.29, 0.717) is 16.9 Å². The summed E-state index contributed by atoms with van der Waals surface area (Å²) in [6, 6.07) is 15.3. The minimum Gasteiger partial charge on any atom is -0.324 e. The van der Waals surface area contributed by atoms with Crippen molar-refractivity contribution in [2.24, 2.45) is 0 Å². The van der Waals surface area contributed by atoms with E-state index in [-0.39, 0.29) is 18.0 Å². The van der Waals surface area contributed by atoms with Gasteiger partial charge in [-0.05, 0) is 56.2 Å². The summed E-state index contributed by atoms with van der Waals surface area (Å²) in [6.07, 6.45) is 1.45. The first-order chi connectivity index (χ1) is 13.9. The molecule has 2 heterocycles. The number of benzene rings is 2. The normalized spacial score (nSPS) is 11.0. The van der Waals surface area contributed by atoms with E-state index >= 15 is 0 Å². The molecule has 146 valence electrons. The third-order valence-electron chi connectivity index (χ3n) is 4.75. The molecule has 0 aliphatic heterocycles. The van der Waals surface area contributed by atoms with Crippen LogP contribution in [0, 0.1) is 20.8 Å². The van der Waals surface area contributed by atoms with Crippen LogP contribution in [-0.4, -0.2) is 25.3 Å². The SMILES string of the molecule is Cc1cccc(NC(=O)Cn2ncn3nc(-c4cc(C)ccc4C)cc3c2=O)c1. The van der Waals surface area contributed by atoms with Gasteiger partial charge in [0.2, 0.25) is 5.91 Å². The smallest absolute Gasteiger partial charge is 0.293 e. The van der Waals surface area contributed by atoms with Gasteiger partial charge in [-0.2, -0.15) is 10.2 Å². The van der Waals surface area contributed by atoms with Gasteiger partial charge in [-0.25, -0.2) is 9.20 Å². The lowest BCUT2D eigenvalue weighted by atomic mass is 10.0. The molecule has 0 bridgehead atoms. The first kappa shape index (κ1) is 18.6. The molecule has 2 aromatic carbocycles. The molecular weight excluding hydrogens is 366 g/mol. The van der Waals surface area contributed by atoms with Crippen molar-refractivity contribution in [3.8, 4) is 11.3 Å². The lowest BCUT2D eigenvalue weighted by Gasteiger charge is -2.07. The van der Waals surface area contributed by atoms with Crippen LogP contribution in [0.4, 0.5) is 5.69 Å². The Labute approximate surface area is 167 Å². The van der Waals surface area contributed by atoms with Gasteiger partial charge in [-0.1, -0.05) is 29.8 Å². The molecule has 0 saturated heterocycles. The predicted octanol–water partition coefficient (Wildman–Crippen LogP) is 3.12. The van der Waals surface area contributed by atoms with E-state index in [2.05, 4.69) is 15.5 Å². The maximum atomic E-state index is 12.8. The van der Waals surface area contributed by atoms with E-state index in [4.69, 9.17) is 0 Å². The molecule has 0 unspecified atom stereocenters. The van der Waals surface area contributed by atoms with E-state index in [1.165, 1.54) is 10.8 Å². The van der Waals surface area contributed by atoms with Crippen molar-refractivity contribution in [2.75, 3.05) is 5.32 Å². The lowest BCUT2D eigenvalue weighted by Crippen LogP contribution is -2.30. The summed E-state index contributed by atoms with van der Waals surface area (Å²) in [5.74, 6) is -0.316. The summed E-state index contributed by atoms with van der Waals surface area (Å²) in [4.78, 5) is 25.2. The van der Waals surface area contributed by atoms with Crippen LogP contribution in [-0.2, 0) is 11.3 Å². The van der Waals surface area contributed by atoms with E-state index in [1.54, 1.807) is 12.1 Å². The van der Waals surface area contributed by atoms with Gasteiger partial charge in [0.05, 0.1) is 5.69 Å². The third-order valence-corrected chi connectivity index (χ3v) is 4.75. The highest BCUT2D eigenvalue weighted by atomic mass is 16.2. The largest absolute Gasteiger partial charge is 0.324 e. The zero-order valence-corrected chi connectivity index (χ0v) is 16.5. The molecule has 0 spiro atoms. The van der Waals surface area contributed by atoms with Crippen molar-refractivity contribution >= 4 is 17.1 Å². The Morgan fingerprint density at radius 3 is 2.62 bits per heavy atom. The van der Waals surface area contributed by atoms with Crippen LogP contribution in [0.25, 0.3) is 16.8 Å². The minimum atomic E-state index is -0.365. The zero-order chi connectivity index (χ0) is 20.5. The van der Waals surface area contributed by atoms with Gasteiger partial charge in [0.25, 0.3) is 5.56 Å². The molecule has 7 heteroatoms. The summed E-state index contributed by atoms with van der Waals surface area (Å²) in [7, 11) is 0. The molecule has 7 nitrogen and oxygen atoms in total. The number of carbonyl (C=O) groups is 1.